The van der Waals surface area contributed by atoms with E-state index in [4.69, 9.17) is 32.8 Å². The van der Waals surface area contributed by atoms with Gasteiger partial charge in [-0.3, -0.25) is 14.4 Å². The molecule has 0 radical (unpaired) electrons. The van der Waals surface area contributed by atoms with Crippen molar-refractivity contribution in [3.8, 4) is 5.75 Å². The molecule has 4 N–H and O–H groups in total. The highest BCUT2D eigenvalue weighted by atomic mass is 35.5. The summed E-state index contributed by atoms with van der Waals surface area (Å²) in [6, 6.07) is 11.5. The molecule has 3 unspecified atom stereocenters. The molecule has 8 nitrogen and oxygen atoms in total. The van der Waals surface area contributed by atoms with Crippen LogP contribution in [0.3, 0.4) is 0 Å². The van der Waals surface area contributed by atoms with Crippen LogP contribution in [0.4, 0.5) is 4.39 Å². The first-order valence-electron chi connectivity index (χ1n) is 12.7. The molecule has 3 aliphatic carbocycles. The summed E-state index contributed by atoms with van der Waals surface area (Å²) >= 11 is 11.6. The Labute approximate surface area is 230 Å². The number of halogens is 3. The Morgan fingerprint density at radius 2 is 1.84 bits per heavy atom. The van der Waals surface area contributed by atoms with Gasteiger partial charge in [0, 0.05) is 29.1 Å². The summed E-state index contributed by atoms with van der Waals surface area (Å²) in [5.41, 5.74) is 2.74. The molecule has 3 saturated carbocycles. The van der Waals surface area contributed by atoms with Crippen molar-refractivity contribution in [2.24, 2.45) is 0 Å². The molecule has 2 bridgehead atoms. The molecule has 1 saturated heterocycles. The van der Waals surface area contributed by atoms with Gasteiger partial charge in [-0.2, -0.15) is 5.48 Å². The number of hydroxylamine groups is 1. The lowest BCUT2D eigenvalue weighted by Gasteiger charge is -2.56. The maximum Gasteiger partial charge on any atom is 0.258 e. The number of aliphatic hydroxyl groups excluding tert-OH is 1. The van der Waals surface area contributed by atoms with E-state index in [1.165, 1.54) is 12.1 Å². The second-order valence-corrected chi connectivity index (χ2v) is 11.4. The molecule has 204 valence electrons. The lowest BCUT2D eigenvalue weighted by molar-refractivity contribution is -0.142. The SMILES string of the molecule is O=C(COc1ccc(Cl)c(F)c1)NC12CCC(NC(=O)C3CC(Cc4ccc(Cl)cc4)NO3)(CC1)CC2O. The normalized spacial score (nSPS) is 30.2. The predicted molar refractivity (Wildman–Crippen MR) is 139 cm³/mol. The van der Waals surface area contributed by atoms with Crippen LogP contribution >= 0.6 is 23.2 Å². The average molecular weight is 566 g/mol. The Balaban J connectivity index is 1.11. The lowest BCUT2D eigenvalue weighted by Crippen LogP contribution is -2.70. The fourth-order valence-electron chi connectivity index (χ4n) is 5.76. The topological polar surface area (TPSA) is 109 Å². The summed E-state index contributed by atoms with van der Waals surface area (Å²) in [7, 11) is 0. The highest BCUT2D eigenvalue weighted by molar-refractivity contribution is 6.30. The molecule has 2 aromatic carbocycles. The van der Waals surface area contributed by atoms with Crippen molar-refractivity contribution in [3.63, 3.8) is 0 Å². The zero-order valence-electron chi connectivity index (χ0n) is 20.6. The van der Waals surface area contributed by atoms with E-state index in [-0.39, 0.29) is 29.3 Å². The van der Waals surface area contributed by atoms with Crippen molar-refractivity contribution in [2.75, 3.05) is 6.61 Å². The van der Waals surface area contributed by atoms with E-state index in [1.54, 1.807) is 0 Å². The maximum atomic E-state index is 13.6. The first-order valence-corrected chi connectivity index (χ1v) is 13.5. The van der Waals surface area contributed by atoms with Gasteiger partial charge in [-0.05, 0) is 68.4 Å². The quantitative estimate of drug-likeness (QED) is 0.390. The van der Waals surface area contributed by atoms with Gasteiger partial charge in [0.05, 0.1) is 16.7 Å². The predicted octanol–water partition coefficient (Wildman–Crippen LogP) is 3.46. The zero-order chi connectivity index (χ0) is 26.9. The van der Waals surface area contributed by atoms with Crippen LogP contribution in [-0.4, -0.2) is 52.9 Å². The molecule has 0 spiro atoms. The highest BCUT2D eigenvalue weighted by Crippen LogP contribution is 2.47. The number of nitrogens with one attached hydrogen (secondary N) is 3. The molecule has 1 aliphatic heterocycles. The number of hydrogen-bond donors (Lipinski definition) is 4. The Bertz CT molecular complexity index is 1190. The van der Waals surface area contributed by atoms with Gasteiger partial charge in [-0.15, -0.1) is 0 Å². The molecular formula is C27H30Cl2FN3O5. The van der Waals surface area contributed by atoms with Gasteiger partial charge in [0.15, 0.2) is 12.7 Å². The second-order valence-electron chi connectivity index (χ2n) is 10.5. The van der Waals surface area contributed by atoms with Crippen molar-refractivity contribution in [1.82, 2.24) is 16.1 Å². The number of ether oxygens (including phenoxy) is 1. The van der Waals surface area contributed by atoms with Crippen LogP contribution in [0.5, 0.6) is 5.75 Å². The third-order valence-corrected chi connectivity index (χ3v) is 8.48. The number of benzene rings is 2. The smallest absolute Gasteiger partial charge is 0.258 e. The van der Waals surface area contributed by atoms with Gasteiger partial charge in [-0.25, -0.2) is 4.39 Å². The van der Waals surface area contributed by atoms with Crippen molar-refractivity contribution >= 4 is 35.0 Å². The molecular weight excluding hydrogens is 536 g/mol. The number of carbonyl (C=O) groups is 2. The Morgan fingerprint density at radius 1 is 1.11 bits per heavy atom. The first kappa shape index (κ1) is 27.1. The minimum atomic E-state index is -0.831. The standard InChI is InChI=1S/C27H30Cl2FN3O5/c28-17-3-1-16(2-4-17)11-18-12-22(38-33-18)25(36)32-26-7-9-27(10-8-26,23(34)14-26)31-24(35)15-37-19-5-6-20(29)21(30)13-19/h1-6,13,18,22-23,33-34H,7-12,14-15H2,(H,31,35)(H,32,36). The summed E-state index contributed by atoms with van der Waals surface area (Å²) in [5, 5.41) is 17.7. The molecule has 1 heterocycles. The van der Waals surface area contributed by atoms with Crippen LogP contribution < -0.4 is 20.9 Å². The van der Waals surface area contributed by atoms with Crippen molar-refractivity contribution in [2.45, 2.75) is 74.3 Å². The van der Waals surface area contributed by atoms with E-state index in [1.807, 2.05) is 24.3 Å². The third kappa shape index (κ3) is 5.92. The number of hydrogen-bond acceptors (Lipinski definition) is 6. The van der Waals surface area contributed by atoms with Crippen LogP contribution in [0.2, 0.25) is 10.0 Å². The fraction of sp³-hybridized carbons (Fsp3) is 0.481. The molecule has 2 amide bonds. The maximum absolute atomic E-state index is 13.6. The summed E-state index contributed by atoms with van der Waals surface area (Å²) < 4.78 is 19.0. The molecule has 2 aromatic rings. The number of amides is 2. The van der Waals surface area contributed by atoms with E-state index in [0.717, 1.165) is 11.6 Å². The highest BCUT2D eigenvalue weighted by Gasteiger charge is 2.55. The lowest BCUT2D eigenvalue weighted by atomic mass is 9.60. The first-order chi connectivity index (χ1) is 18.2. The van der Waals surface area contributed by atoms with Gasteiger partial charge >= 0.3 is 0 Å². The van der Waals surface area contributed by atoms with Gasteiger partial charge in [0.2, 0.25) is 0 Å². The van der Waals surface area contributed by atoms with E-state index < -0.39 is 35.0 Å². The van der Waals surface area contributed by atoms with Crippen molar-refractivity contribution in [1.29, 1.82) is 0 Å². The number of rotatable bonds is 8. The Morgan fingerprint density at radius 3 is 2.53 bits per heavy atom. The summed E-state index contributed by atoms with van der Waals surface area (Å²) in [6.07, 6.45) is 2.38. The number of carbonyl (C=O) groups excluding carboxylic acids is 2. The van der Waals surface area contributed by atoms with E-state index >= 15 is 0 Å². The molecule has 3 atom stereocenters. The monoisotopic (exact) mass is 565 g/mol. The van der Waals surface area contributed by atoms with Gasteiger partial charge in [0.1, 0.15) is 11.6 Å². The summed E-state index contributed by atoms with van der Waals surface area (Å²) in [4.78, 5) is 31.3. The number of fused-ring (bicyclic) bond motifs is 3. The molecule has 0 aromatic heterocycles. The molecule has 6 rings (SSSR count). The Kier molecular flexibility index (Phi) is 7.84. The van der Waals surface area contributed by atoms with Crippen LogP contribution in [0, 0.1) is 5.82 Å². The van der Waals surface area contributed by atoms with Gasteiger partial charge in [-0.1, -0.05) is 35.3 Å². The zero-order valence-corrected chi connectivity index (χ0v) is 22.2. The van der Waals surface area contributed by atoms with E-state index in [9.17, 15) is 19.1 Å². The van der Waals surface area contributed by atoms with Gasteiger partial charge < -0.3 is 20.5 Å². The number of aliphatic hydroxyl groups is 1. The third-order valence-electron chi connectivity index (χ3n) is 7.92. The van der Waals surface area contributed by atoms with E-state index in [0.29, 0.717) is 50.0 Å². The van der Waals surface area contributed by atoms with Crippen molar-refractivity contribution < 1.29 is 28.7 Å². The largest absolute Gasteiger partial charge is 0.484 e. The molecule has 38 heavy (non-hydrogen) atoms. The Hall–Kier alpha value is -2.43. The fourth-order valence-corrected chi connectivity index (χ4v) is 6.00. The van der Waals surface area contributed by atoms with Crippen LogP contribution in [0.15, 0.2) is 42.5 Å². The summed E-state index contributed by atoms with van der Waals surface area (Å²) in [6.45, 7) is -0.319. The molecule has 4 aliphatic rings. The molecule has 11 heteroatoms. The van der Waals surface area contributed by atoms with Gasteiger partial charge in [0.25, 0.3) is 11.8 Å². The van der Waals surface area contributed by atoms with Crippen LogP contribution in [0.25, 0.3) is 0 Å². The van der Waals surface area contributed by atoms with E-state index in [2.05, 4.69) is 16.1 Å². The van der Waals surface area contributed by atoms with Crippen LogP contribution in [0.1, 0.15) is 44.1 Å². The minimum absolute atomic E-state index is 0.00201. The average Bonchev–Trinajstić information content (AvgIpc) is 3.36. The summed E-state index contributed by atoms with van der Waals surface area (Å²) in [5.74, 6) is -1.05. The minimum Gasteiger partial charge on any atom is -0.484 e. The van der Waals surface area contributed by atoms with Crippen LogP contribution in [-0.2, 0) is 20.8 Å². The molecule has 4 fully saturated rings. The van der Waals surface area contributed by atoms with Crippen molar-refractivity contribution in [3.05, 3.63) is 63.9 Å². The second kappa shape index (κ2) is 11.0.